The van der Waals surface area contributed by atoms with Gasteiger partial charge in [-0.25, -0.2) is 4.21 Å². The summed E-state index contributed by atoms with van der Waals surface area (Å²) in [5.41, 5.74) is -0.342. The molecule has 40 heavy (non-hydrogen) atoms. The van der Waals surface area contributed by atoms with E-state index in [4.69, 9.17) is 0 Å². The molecule has 4 saturated carbocycles. The van der Waals surface area contributed by atoms with Crippen LogP contribution >= 0.6 is 0 Å². The number of rotatable bonds is 2. The summed E-state index contributed by atoms with van der Waals surface area (Å²) in [6.45, 7) is 10.8. The van der Waals surface area contributed by atoms with Gasteiger partial charge in [0.05, 0.1) is 15.3 Å². The Labute approximate surface area is 239 Å². The summed E-state index contributed by atoms with van der Waals surface area (Å²) in [5.74, 6) is 0.470. The number of nitriles is 2. The second-order valence-corrected chi connectivity index (χ2v) is 18.1. The highest BCUT2D eigenvalue weighted by molar-refractivity contribution is 7.93. The first-order valence-corrected chi connectivity index (χ1v) is 17.1. The standard InChI is InChI=1S/C33H43N3O3S/c1-28(2)24-7-8-30(4)25(29(24,3)16-21(18-34)27(28)38)15-23(37)26-22-17-32(10-11-32)12-14-33(22,13-9-31(26,30)5)19-40(6,39)36-20-35/h15-16,22,24,26H,7-14,17,19H2,1-6H3/t22-,24-,26-,29-,30+,31+,33-,40?/m0/s1. The van der Waals surface area contributed by atoms with Gasteiger partial charge in [0.2, 0.25) is 6.19 Å². The number of carbonyl (C=O) groups is 2. The molecule has 6 rings (SSSR count). The van der Waals surface area contributed by atoms with Gasteiger partial charge < -0.3 is 0 Å². The number of hydrogen-bond donors (Lipinski definition) is 0. The Bertz CT molecular complexity index is 1490. The summed E-state index contributed by atoms with van der Waals surface area (Å²) < 4.78 is 17.4. The number of hydrogen-bond acceptors (Lipinski definition) is 6. The maximum Gasteiger partial charge on any atom is 0.214 e. The maximum absolute atomic E-state index is 14.6. The molecular weight excluding hydrogens is 518 g/mol. The molecule has 0 N–H and O–H groups in total. The Morgan fingerprint density at radius 2 is 1.65 bits per heavy atom. The van der Waals surface area contributed by atoms with Gasteiger partial charge in [-0.3, -0.25) is 9.59 Å². The van der Waals surface area contributed by atoms with Gasteiger partial charge in [-0.1, -0.05) is 46.3 Å². The highest BCUT2D eigenvalue weighted by Crippen LogP contribution is 2.76. The van der Waals surface area contributed by atoms with Gasteiger partial charge >= 0.3 is 0 Å². The first-order chi connectivity index (χ1) is 18.5. The molecule has 0 amide bonds. The Morgan fingerprint density at radius 3 is 2.27 bits per heavy atom. The van der Waals surface area contributed by atoms with Crippen molar-refractivity contribution in [2.75, 3.05) is 12.0 Å². The molecule has 0 heterocycles. The van der Waals surface area contributed by atoms with Crippen LogP contribution in [0.5, 0.6) is 0 Å². The Kier molecular flexibility index (Phi) is 5.71. The van der Waals surface area contributed by atoms with E-state index in [-0.39, 0.29) is 51.1 Å². The van der Waals surface area contributed by atoms with Crippen LogP contribution in [0.2, 0.25) is 0 Å². The van der Waals surface area contributed by atoms with Gasteiger partial charge in [0.15, 0.2) is 11.6 Å². The molecule has 6 aliphatic carbocycles. The molecule has 4 fully saturated rings. The molecule has 0 aromatic carbocycles. The molecular formula is C33H43N3O3S. The monoisotopic (exact) mass is 561 g/mol. The average Bonchev–Trinajstić information content (AvgIpc) is 3.62. The van der Waals surface area contributed by atoms with Crippen LogP contribution in [-0.4, -0.2) is 27.8 Å². The second-order valence-electron chi connectivity index (χ2n) is 15.8. The second kappa shape index (κ2) is 8.19. The molecule has 1 unspecified atom stereocenters. The Morgan fingerprint density at radius 1 is 1.00 bits per heavy atom. The zero-order chi connectivity index (χ0) is 29.1. The molecule has 0 aromatic rings. The highest BCUT2D eigenvalue weighted by Gasteiger charge is 2.70. The van der Waals surface area contributed by atoms with Gasteiger partial charge in [-0.2, -0.15) is 10.5 Å². The van der Waals surface area contributed by atoms with Crippen LogP contribution in [0.15, 0.2) is 27.7 Å². The number of Topliss-reactive ketones (excluding diaryl/α,β-unsaturated/α-hetero) is 1. The summed E-state index contributed by atoms with van der Waals surface area (Å²) in [6, 6.07) is 2.18. The van der Waals surface area contributed by atoms with Crippen LogP contribution in [0.3, 0.4) is 0 Å². The van der Waals surface area contributed by atoms with Crippen LogP contribution in [0.1, 0.15) is 92.4 Å². The van der Waals surface area contributed by atoms with Gasteiger partial charge in [-0.15, -0.1) is 4.36 Å². The SMILES string of the molecule is CC1(C)C(=O)C(C#N)=C[C@]2(C)C3=CC(=O)[C@@H]4[C@@H]5CC6(CC6)CC[C@]5(CS(C)(=O)=NC#N)CC[C@@]4(C)[C@]3(C)CC[C@@H]12. The fourth-order valence-electron chi connectivity index (χ4n) is 11.1. The molecule has 7 heteroatoms. The van der Waals surface area contributed by atoms with E-state index in [0.717, 1.165) is 50.5 Å². The van der Waals surface area contributed by atoms with Crippen LogP contribution in [0, 0.1) is 73.0 Å². The van der Waals surface area contributed by atoms with Crippen LogP contribution in [0.25, 0.3) is 0 Å². The summed E-state index contributed by atoms with van der Waals surface area (Å²) in [4.78, 5) is 27.8. The molecule has 6 nitrogen and oxygen atoms in total. The lowest BCUT2D eigenvalue weighted by Gasteiger charge is -2.69. The minimum Gasteiger partial charge on any atom is -0.295 e. The third-order valence-electron chi connectivity index (χ3n) is 13.5. The number of fused-ring (bicyclic) bond motifs is 7. The highest BCUT2D eigenvalue weighted by atomic mass is 32.2. The summed E-state index contributed by atoms with van der Waals surface area (Å²) in [6.07, 6.45) is 16.3. The van der Waals surface area contributed by atoms with Crippen molar-refractivity contribution in [3.63, 3.8) is 0 Å². The average molecular weight is 562 g/mol. The first-order valence-electron chi connectivity index (χ1n) is 15.1. The van der Waals surface area contributed by atoms with Gasteiger partial charge in [0.1, 0.15) is 6.07 Å². The third kappa shape index (κ3) is 3.46. The van der Waals surface area contributed by atoms with Crippen molar-refractivity contribution in [1.82, 2.24) is 0 Å². The molecule has 0 radical (unpaired) electrons. The van der Waals surface area contributed by atoms with Crippen molar-refractivity contribution in [2.45, 2.75) is 92.4 Å². The zero-order valence-electron chi connectivity index (χ0n) is 24.9. The van der Waals surface area contributed by atoms with Gasteiger partial charge in [-0.05, 0) is 97.4 Å². The first kappa shape index (κ1) is 27.9. The van der Waals surface area contributed by atoms with Crippen LogP contribution in [0.4, 0.5) is 0 Å². The molecule has 214 valence electrons. The zero-order valence-corrected chi connectivity index (χ0v) is 25.7. The number of nitrogens with zero attached hydrogens (tertiary/aromatic N) is 3. The number of allylic oxidation sites excluding steroid dienone is 4. The summed E-state index contributed by atoms with van der Waals surface area (Å²) in [7, 11) is -2.68. The van der Waals surface area contributed by atoms with E-state index in [9.17, 15) is 24.3 Å². The lowest BCUT2D eigenvalue weighted by molar-refractivity contribution is -0.165. The smallest absolute Gasteiger partial charge is 0.214 e. The molecule has 0 aromatic heterocycles. The summed E-state index contributed by atoms with van der Waals surface area (Å²) >= 11 is 0. The van der Waals surface area contributed by atoms with Crippen molar-refractivity contribution in [3.05, 3.63) is 23.3 Å². The van der Waals surface area contributed by atoms with Gasteiger partial charge in [0, 0.05) is 28.8 Å². The lowest BCUT2D eigenvalue weighted by Crippen LogP contribution is -2.65. The number of carbonyl (C=O) groups excluding carboxylic acids is 2. The molecule has 8 atom stereocenters. The fourth-order valence-corrected chi connectivity index (χ4v) is 12.9. The van der Waals surface area contributed by atoms with Crippen molar-refractivity contribution < 1.29 is 13.8 Å². The third-order valence-corrected chi connectivity index (χ3v) is 15.1. The predicted octanol–water partition coefficient (Wildman–Crippen LogP) is 6.54. The van der Waals surface area contributed by atoms with Crippen molar-refractivity contribution >= 4 is 21.3 Å². The molecule has 0 bridgehead atoms. The number of ketones is 2. The van der Waals surface area contributed by atoms with Crippen molar-refractivity contribution in [3.8, 4) is 12.3 Å². The maximum atomic E-state index is 14.6. The Hall–Kier alpha value is -2.25. The van der Waals surface area contributed by atoms with Crippen molar-refractivity contribution in [2.24, 2.45) is 54.6 Å². The minimum atomic E-state index is -2.68. The fraction of sp³-hybridized carbons (Fsp3) is 0.758. The molecule has 0 saturated heterocycles. The van der Waals surface area contributed by atoms with Crippen LogP contribution in [-0.2, 0) is 19.3 Å². The van der Waals surface area contributed by atoms with E-state index in [0.29, 0.717) is 11.2 Å². The quantitative estimate of drug-likeness (QED) is 0.356. The van der Waals surface area contributed by atoms with E-state index in [2.05, 4.69) is 31.2 Å². The molecule has 0 aliphatic heterocycles. The lowest BCUT2D eigenvalue weighted by atomic mass is 9.34. The predicted molar refractivity (Wildman–Crippen MR) is 154 cm³/mol. The summed E-state index contributed by atoms with van der Waals surface area (Å²) in [5, 5.41) is 19.2. The van der Waals surface area contributed by atoms with Gasteiger partial charge in [0.25, 0.3) is 0 Å². The normalized spacial score (nSPS) is 45.6. The topological polar surface area (TPSA) is 111 Å². The van der Waals surface area contributed by atoms with E-state index < -0.39 is 20.6 Å². The van der Waals surface area contributed by atoms with E-state index in [1.165, 1.54) is 12.8 Å². The van der Waals surface area contributed by atoms with E-state index >= 15 is 0 Å². The molecule has 1 spiro atoms. The van der Waals surface area contributed by atoms with Crippen LogP contribution < -0.4 is 0 Å². The largest absolute Gasteiger partial charge is 0.295 e. The Balaban J connectivity index is 1.51. The van der Waals surface area contributed by atoms with E-state index in [1.54, 1.807) is 12.4 Å². The van der Waals surface area contributed by atoms with E-state index in [1.807, 2.05) is 26.0 Å². The van der Waals surface area contributed by atoms with Crippen molar-refractivity contribution in [1.29, 1.82) is 10.5 Å². The minimum absolute atomic E-state index is 0.0290. The molecule has 6 aliphatic rings.